The van der Waals surface area contributed by atoms with Gasteiger partial charge in [-0.25, -0.2) is 4.98 Å². The average Bonchev–Trinajstić information content (AvgIpc) is 2.78. The van der Waals surface area contributed by atoms with Gasteiger partial charge >= 0.3 is 0 Å². The molecular formula is C16H15ClN2O. The van der Waals surface area contributed by atoms with Crippen LogP contribution in [0.15, 0.2) is 42.5 Å². The van der Waals surface area contributed by atoms with Gasteiger partial charge in [-0.05, 0) is 48.9 Å². The van der Waals surface area contributed by atoms with E-state index in [9.17, 15) is 5.11 Å². The van der Waals surface area contributed by atoms with E-state index < -0.39 is 0 Å². The summed E-state index contributed by atoms with van der Waals surface area (Å²) in [6.07, 6.45) is 1.03. The second kappa shape index (κ2) is 5.17. The van der Waals surface area contributed by atoms with Crippen molar-refractivity contribution < 1.29 is 5.11 Å². The Kier molecular flexibility index (Phi) is 3.36. The molecule has 0 aliphatic carbocycles. The smallest absolute Gasteiger partial charge is 0.141 e. The van der Waals surface area contributed by atoms with Crippen LogP contribution in [0.4, 0.5) is 0 Å². The lowest BCUT2D eigenvalue weighted by molar-refractivity contribution is 0.475. The van der Waals surface area contributed by atoms with E-state index in [4.69, 9.17) is 11.6 Å². The number of phenols is 1. The van der Waals surface area contributed by atoms with E-state index in [1.54, 1.807) is 12.1 Å². The van der Waals surface area contributed by atoms with Crippen molar-refractivity contribution in [2.24, 2.45) is 0 Å². The second-order valence-corrected chi connectivity index (χ2v) is 5.20. The Morgan fingerprint density at radius 2 is 1.90 bits per heavy atom. The highest BCUT2D eigenvalue weighted by molar-refractivity contribution is 6.31. The van der Waals surface area contributed by atoms with Gasteiger partial charge in [-0.1, -0.05) is 18.5 Å². The maximum atomic E-state index is 9.41. The fourth-order valence-electron chi connectivity index (χ4n) is 2.38. The molecule has 0 aliphatic rings. The molecule has 0 radical (unpaired) electrons. The first-order valence-electron chi connectivity index (χ1n) is 6.64. The molecule has 0 spiro atoms. The second-order valence-electron chi connectivity index (χ2n) is 4.77. The first-order valence-corrected chi connectivity index (χ1v) is 7.02. The molecule has 0 fully saturated rings. The van der Waals surface area contributed by atoms with Gasteiger partial charge in [0.25, 0.3) is 0 Å². The third-order valence-corrected chi connectivity index (χ3v) is 3.52. The molecule has 102 valence electrons. The first-order chi connectivity index (χ1) is 9.69. The summed E-state index contributed by atoms with van der Waals surface area (Å²) >= 11 is 6.04. The van der Waals surface area contributed by atoms with Crippen LogP contribution >= 0.6 is 11.6 Å². The summed E-state index contributed by atoms with van der Waals surface area (Å²) < 4.78 is 2.19. The van der Waals surface area contributed by atoms with Crippen molar-refractivity contribution in [3.63, 3.8) is 0 Å². The molecule has 1 aromatic heterocycles. The molecule has 1 heterocycles. The SMILES string of the molecule is CCCn1c(-c2ccc(O)cc2)nc2cc(Cl)ccc21. The van der Waals surface area contributed by atoms with Crippen molar-refractivity contribution in [1.82, 2.24) is 9.55 Å². The Morgan fingerprint density at radius 3 is 2.60 bits per heavy atom. The number of benzene rings is 2. The quantitative estimate of drug-likeness (QED) is 0.771. The van der Waals surface area contributed by atoms with Gasteiger partial charge in [-0.3, -0.25) is 0 Å². The Hall–Kier alpha value is -2.00. The number of halogens is 1. The molecule has 3 aromatic rings. The third kappa shape index (κ3) is 2.25. The van der Waals surface area contributed by atoms with E-state index >= 15 is 0 Å². The van der Waals surface area contributed by atoms with Crippen LogP contribution in [0, 0.1) is 0 Å². The van der Waals surface area contributed by atoms with E-state index in [0.29, 0.717) is 5.02 Å². The van der Waals surface area contributed by atoms with E-state index in [2.05, 4.69) is 16.5 Å². The van der Waals surface area contributed by atoms with Crippen molar-refractivity contribution in [1.29, 1.82) is 0 Å². The standard InChI is InChI=1S/C16H15ClN2O/c1-2-9-19-15-8-5-12(17)10-14(15)18-16(19)11-3-6-13(20)7-4-11/h3-8,10,20H,2,9H2,1H3. The van der Waals surface area contributed by atoms with E-state index in [-0.39, 0.29) is 5.75 Å². The first kappa shape index (κ1) is 13.0. The molecule has 0 atom stereocenters. The van der Waals surface area contributed by atoms with Gasteiger partial charge in [-0.15, -0.1) is 0 Å². The monoisotopic (exact) mass is 286 g/mol. The van der Waals surface area contributed by atoms with Crippen LogP contribution < -0.4 is 0 Å². The number of nitrogens with zero attached hydrogens (tertiary/aromatic N) is 2. The molecular weight excluding hydrogens is 272 g/mol. The minimum atomic E-state index is 0.259. The number of aromatic hydroxyl groups is 1. The Morgan fingerprint density at radius 1 is 1.15 bits per heavy atom. The van der Waals surface area contributed by atoms with Crippen LogP contribution in [0.1, 0.15) is 13.3 Å². The summed E-state index contributed by atoms with van der Waals surface area (Å²) in [7, 11) is 0. The lowest BCUT2D eigenvalue weighted by atomic mass is 10.2. The van der Waals surface area contributed by atoms with E-state index in [0.717, 1.165) is 35.4 Å². The number of imidazole rings is 1. The molecule has 0 aliphatic heterocycles. The van der Waals surface area contributed by atoms with Crippen molar-refractivity contribution in [2.75, 3.05) is 0 Å². The van der Waals surface area contributed by atoms with E-state index in [1.165, 1.54) is 0 Å². The number of phenolic OH excluding ortho intramolecular Hbond substituents is 1. The zero-order chi connectivity index (χ0) is 14.1. The third-order valence-electron chi connectivity index (χ3n) is 3.28. The molecule has 3 rings (SSSR count). The van der Waals surface area contributed by atoms with Crippen LogP contribution in [-0.2, 0) is 6.54 Å². The van der Waals surface area contributed by atoms with Gasteiger partial charge in [0.1, 0.15) is 11.6 Å². The predicted molar refractivity (Wildman–Crippen MR) is 82.1 cm³/mol. The summed E-state index contributed by atoms with van der Waals surface area (Å²) in [6, 6.07) is 12.9. The largest absolute Gasteiger partial charge is 0.508 e. The average molecular weight is 287 g/mol. The van der Waals surface area contributed by atoms with Crippen molar-refractivity contribution in [3.8, 4) is 17.1 Å². The van der Waals surface area contributed by atoms with Gasteiger partial charge in [-0.2, -0.15) is 0 Å². The highest BCUT2D eigenvalue weighted by Crippen LogP contribution is 2.28. The van der Waals surface area contributed by atoms with Gasteiger partial charge < -0.3 is 9.67 Å². The molecule has 3 nitrogen and oxygen atoms in total. The number of rotatable bonds is 3. The molecule has 4 heteroatoms. The molecule has 0 saturated heterocycles. The Balaban J connectivity index is 2.22. The summed E-state index contributed by atoms with van der Waals surface area (Å²) in [6.45, 7) is 3.04. The minimum absolute atomic E-state index is 0.259. The van der Waals surface area contributed by atoms with Gasteiger partial charge in [0.15, 0.2) is 0 Å². The Labute approximate surface area is 122 Å². The number of fused-ring (bicyclic) bond motifs is 1. The molecule has 1 N–H and O–H groups in total. The highest BCUT2D eigenvalue weighted by atomic mass is 35.5. The normalized spacial score (nSPS) is 11.1. The van der Waals surface area contributed by atoms with Crippen LogP contribution in [0.3, 0.4) is 0 Å². The van der Waals surface area contributed by atoms with Crippen molar-refractivity contribution in [3.05, 3.63) is 47.5 Å². The van der Waals surface area contributed by atoms with Gasteiger partial charge in [0.05, 0.1) is 11.0 Å². The number of aromatic nitrogens is 2. The van der Waals surface area contributed by atoms with Crippen molar-refractivity contribution in [2.45, 2.75) is 19.9 Å². The topological polar surface area (TPSA) is 38.0 Å². The minimum Gasteiger partial charge on any atom is -0.508 e. The van der Waals surface area contributed by atoms with E-state index in [1.807, 2.05) is 30.3 Å². The van der Waals surface area contributed by atoms with Crippen LogP contribution in [0.2, 0.25) is 5.02 Å². The van der Waals surface area contributed by atoms with Crippen LogP contribution in [0.5, 0.6) is 5.75 Å². The Bertz CT molecular complexity index is 747. The lowest BCUT2D eigenvalue weighted by Gasteiger charge is -2.07. The summed E-state index contributed by atoms with van der Waals surface area (Å²) in [5.41, 5.74) is 2.97. The summed E-state index contributed by atoms with van der Waals surface area (Å²) in [5.74, 6) is 1.17. The summed E-state index contributed by atoms with van der Waals surface area (Å²) in [4.78, 5) is 4.69. The number of hydrogen-bond donors (Lipinski definition) is 1. The molecule has 2 aromatic carbocycles. The maximum Gasteiger partial charge on any atom is 0.141 e. The molecule has 0 saturated carbocycles. The number of aryl methyl sites for hydroxylation is 1. The summed E-state index contributed by atoms with van der Waals surface area (Å²) in [5, 5.41) is 10.1. The van der Waals surface area contributed by atoms with Crippen molar-refractivity contribution >= 4 is 22.6 Å². The van der Waals surface area contributed by atoms with Gasteiger partial charge in [0.2, 0.25) is 0 Å². The molecule has 0 amide bonds. The molecule has 0 unspecified atom stereocenters. The molecule has 0 bridgehead atoms. The van der Waals surface area contributed by atoms with Crippen LogP contribution in [0.25, 0.3) is 22.4 Å². The zero-order valence-corrected chi connectivity index (χ0v) is 11.9. The predicted octanol–water partition coefficient (Wildman–Crippen LogP) is 4.47. The zero-order valence-electron chi connectivity index (χ0n) is 11.2. The van der Waals surface area contributed by atoms with Crippen LogP contribution in [-0.4, -0.2) is 14.7 Å². The fraction of sp³-hybridized carbons (Fsp3) is 0.188. The van der Waals surface area contributed by atoms with Gasteiger partial charge in [0, 0.05) is 17.1 Å². The molecule has 20 heavy (non-hydrogen) atoms. The number of hydrogen-bond acceptors (Lipinski definition) is 2. The lowest BCUT2D eigenvalue weighted by Crippen LogP contribution is -1.99. The fourth-order valence-corrected chi connectivity index (χ4v) is 2.55. The highest BCUT2D eigenvalue weighted by Gasteiger charge is 2.12. The maximum absolute atomic E-state index is 9.41.